The van der Waals surface area contributed by atoms with Crippen LogP contribution in [-0.4, -0.2) is 72.4 Å². The van der Waals surface area contributed by atoms with Crippen LogP contribution in [0, 0.1) is 0 Å². The molecule has 0 aliphatic carbocycles. The number of nitrogens with zero attached hydrogens (tertiary/aromatic N) is 3. The molecule has 0 saturated carbocycles. The number of amides is 4. The molecule has 1 aromatic carbocycles. The molecule has 0 radical (unpaired) electrons. The summed E-state index contributed by atoms with van der Waals surface area (Å²) in [5, 5.41) is 0. The first-order valence-electron chi connectivity index (χ1n) is 9.67. The first-order valence-corrected chi connectivity index (χ1v) is 9.67. The monoisotopic (exact) mass is 387 g/mol. The number of likely N-dealkylation sites (tertiary alicyclic amines) is 1. The van der Waals surface area contributed by atoms with Crippen molar-refractivity contribution in [2.24, 2.45) is 0 Å². The molecule has 150 valence electrons. The summed E-state index contributed by atoms with van der Waals surface area (Å²) in [6, 6.07) is 2.91. The lowest BCUT2D eigenvalue weighted by Crippen LogP contribution is -2.40. The molecule has 0 bridgehead atoms. The van der Waals surface area contributed by atoms with E-state index in [1.54, 1.807) is 19.1 Å². The molecule has 0 N–H and O–H groups in total. The maximum absolute atomic E-state index is 12.9. The molecule has 1 aromatic rings. The molecule has 2 fully saturated rings. The number of ether oxygens (including phenoxy) is 2. The number of urea groups is 1. The van der Waals surface area contributed by atoms with Gasteiger partial charge in [0, 0.05) is 39.0 Å². The Morgan fingerprint density at radius 3 is 2.36 bits per heavy atom. The van der Waals surface area contributed by atoms with E-state index in [0.29, 0.717) is 24.5 Å². The van der Waals surface area contributed by atoms with E-state index in [0.717, 1.165) is 37.1 Å². The van der Waals surface area contributed by atoms with Gasteiger partial charge < -0.3 is 19.3 Å². The average Bonchev–Trinajstić information content (AvgIpc) is 3.32. The third kappa shape index (κ3) is 3.06. The van der Waals surface area contributed by atoms with Gasteiger partial charge in [0.05, 0.1) is 14.2 Å². The van der Waals surface area contributed by atoms with Crippen molar-refractivity contribution in [2.45, 2.75) is 38.3 Å². The van der Waals surface area contributed by atoms with Crippen molar-refractivity contribution in [3.05, 3.63) is 23.3 Å². The first-order chi connectivity index (χ1) is 13.5. The molecule has 1 atom stereocenters. The molecule has 8 heteroatoms. The summed E-state index contributed by atoms with van der Waals surface area (Å²) >= 11 is 0. The number of carbonyl (C=O) groups is 3. The van der Waals surface area contributed by atoms with Gasteiger partial charge in [-0.05, 0) is 36.1 Å². The Bertz CT molecular complexity index is 767. The minimum atomic E-state index is -0.514. The second-order valence-corrected chi connectivity index (χ2v) is 7.43. The number of hydrogen-bond acceptors (Lipinski definition) is 5. The van der Waals surface area contributed by atoms with E-state index in [1.807, 2.05) is 17.0 Å². The molecule has 8 nitrogen and oxygen atoms in total. The molecule has 4 rings (SSSR count). The fourth-order valence-corrected chi connectivity index (χ4v) is 4.30. The van der Waals surface area contributed by atoms with Crippen LogP contribution in [-0.2, 0) is 22.6 Å². The molecule has 4 amide bonds. The van der Waals surface area contributed by atoms with Crippen molar-refractivity contribution < 1.29 is 23.9 Å². The van der Waals surface area contributed by atoms with Crippen LogP contribution in [0.3, 0.4) is 0 Å². The maximum atomic E-state index is 12.9. The van der Waals surface area contributed by atoms with E-state index in [2.05, 4.69) is 0 Å². The zero-order chi connectivity index (χ0) is 19.8. The highest BCUT2D eigenvalue weighted by Gasteiger charge is 2.47. The summed E-state index contributed by atoms with van der Waals surface area (Å²) in [7, 11) is 3.14. The van der Waals surface area contributed by atoms with Crippen molar-refractivity contribution in [2.75, 3.05) is 33.9 Å². The number of benzene rings is 1. The van der Waals surface area contributed by atoms with Gasteiger partial charge in [0.25, 0.3) is 5.91 Å². The number of carbonyl (C=O) groups excluding carboxylic acids is 3. The molecular weight excluding hydrogens is 362 g/mol. The van der Waals surface area contributed by atoms with E-state index < -0.39 is 6.04 Å². The zero-order valence-electron chi connectivity index (χ0n) is 16.3. The summed E-state index contributed by atoms with van der Waals surface area (Å²) in [4.78, 5) is 42.6. The van der Waals surface area contributed by atoms with E-state index in [-0.39, 0.29) is 30.8 Å². The largest absolute Gasteiger partial charge is 0.493 e. The van der Waals surface area contributed by atoms with Crippen molar-refractivity contribution in [3.8, 4) is 11.5 Å². The maximum Gasteiger partial charge on any atom is 0.327 e. The fraction of sp³-hybridized carbons (Fsp3) is 0.550. The molecule has 0 spiro atoms. The SMILES string of the molecule is COc1cc2c(cc1OC)CN1C(=O)N(CCC(=O)N3CCCC3)C(=O)C1C2. The Hall–Kier alpha value is -2.77. The highest BCUT2D eigenvalue weighted by Crippen LogP contribution is 2.37. The van der Waals surface area contributed by atoms with Gasteiger partial charge in [0.1, 0.15) is 6.04 Å². The van der Waals surface area contributed by atoms with E-state index in [1.165, 1.54) is 4.90 Å². The van der Waals surface area contributed by atoms with Gasteiger partial charge in [-0.3, -0.25) is 14.5 Å². The summed E-state index contributed by atoms with van der Waals surface area (Å²) in [6.07, 6.45) is 2.67. The molecule has 1 unspecified atom stereocenters. The molecular formula is C20H25N3O5. The van der Waals surface area contributed by atoms with Crippen LogP contribution >= 0.6 is 0 Å². The number of imide groups is 1. The van der Waals surface area contributed by atoms with E-state index >= 15 is 0 Å². The lowest BCUT2D eigenvalue weighted by molar-refractivity contribution is -0.131. The van der Waals surface area contributed by atoms with Gasteiger partial charge in [-0.2, -0.15) is 0 Å². The molecule has 2 saturated heterocycles. The van der Waals surface area contributed by atoms with Gasteiger partial charge in [0.15, 0.2) is 11.5 Å². The first kappa shape index (κ1) is 18.6. The molecule has 28 heavy (non-hydrogen) atoms. The van der Waals surface area contributed by atoms with E-state index in [4.69, 9.17) is 9.47 Å². The second-order valence-electron chi connectivity index (χ2n) is 7.43. The normalized spacial score (nSPS) is 21.1. The van der Waals surface area contributed by atoms with Crippen LogP contribution in [0.4, 0.5) is 4.79 Å². The molecule has 3 heterocycles. The summed E-state index contributed by atoms with van der Waals surface area (Å²) in [6.45, 7) is 2.04. The minimum absolute atomic E-state index is 0.0146. The van der Waals surface area contributed by atoms with Gasteiger partial charge in [-0.15, -0.1) is 0 Å². The van der Waals surface area contributed by atoms with Crippen LogP contribution in [0.5, 0.6) is 11.5 Å². The lowest BCUT2D eigenvalue weighted by Gasteiger charge is -2.29. The predicted octanol–water partition coefficient (Wildman–Crippen LogP) is 1.41. The van der Waals surface area contributed by atoms with Crippen molar-refractivity contribution >= 4 is 17.8 Å². The van der Waals surface area contributed by atoms with Gasteiger partial charge in [-0.1, -0.05) is 0 Å². The number of hydrogen-bond donors (Lipinski definition) is 0. The third-order valence-corrected chi connectivity index (χ3v) is 5.87. The Morgan fingerprint density at radius 2 is 1.71 bits per heavy atom. The van der Waals surface area contributed by atoms with Crippen LogP contribution in [0.25, 0.3) is 0 Å². The van der Waals surface area contributed by atoms with Crippen molar-refractivity contribution in [3.63, 3.8) is 0 Å². The van der Waals surface area contributed by atoms with Gasteiger partial charge in [-0.25, -0.2) is 4.79 Å². The Balaban J connectivity index is 1.48. The number of rotatable bonds is 5. The third-order valence-electron chi connectivity index (χ3n) is 5.87. The predicted molar refractivity (Wildman–Crippen MR) is 100 cm³/mol. The van der Waals surface area contributed by atoms with E-state index in [9.17, 15) is 14.4 Å². The topological polar surface area (TPSA) is 79.4 Å². The fourth-order valence-electron chi connectivity index (χ4n) is 4.30. The average molecular weight is 387 g/mol. The van der Waals surface area contributed by atoms with Crippen molar-refractivity contribution in [1.29, 1.82) is 0 Å². The van der Waals surface area contributed by atoms with Crippen LogP contribution in [0.1, 0.15) is 30.4 Å². The number of fused-ring (bicyclic) bond motifs is 2. The second kappa shape index (κ2) is 7.33. The molecule has 3 aliphatic rings. The van der Waals surface area contributed by atoms with Crippen LogP contribution in [0.2, 0.25) is 0 Å². The Morgan fingerprint density at radius 1 is 1.07 bits per heavy atom. The van der Waals surface area contributed by atoms with Crippen LogP contribution < -0.4 is 9.47 Å². The number of methoxy groups -OCH3 is 2. The lowest BCUT2D eigenvalue weighted by atomic mass is 9.94. The highest BCUT2D eigenvalue weighted by atomic mass is 16.5. The quantitative estimate of drug-likeness (QED) is 0.714. The zero-order valence-corrected chi connectivity index (χ0v) is 16.3. The van der Waals surface area contributed by atoms with Gasteiger partial charge >= 0.3 is 6.03 Å². The van der Waals surface area contributed by atoms with Crippen molar-refractivity contribution in [1.82, 2.24) is 14.7 Å². The Kier molecular flexibility index (Phi) is 4.87. The summed E-state index contributed by atoms with van der Waals surface area (Å²) in [5.41, 5.74) is 1.93. The Labute approximate surface area is 164 Å². The van der Waals surface area contributed by atoms with Crippen LogP contribution in [0.15, 0.2) is 12.1 Å². The van der Waals surface area contributed by atoms with Gasteiger partial charge in [0.2, 0.25) is 5.91 Å². The summed E-state index contributed by atoms with van der Waals surface area (Å²) in [5.74, 6) is 1.01. The summed E-state index contributed by atoms with van der Waals surface area (Å²) < 4.78 is 10.7. The smallest absolute Gasteiger partial charge is 0.327 e. The standard InChI is InChI=1S/C20H25N3O5/c1-27-16-10-13-9-15-19(25)22(8-5-18(24)21-6-3-4-7-21)20(26)23(15)12-14(13)11-17(16)28-2/h10-11,15H,3-9,12H2,1-2H3. The highest BCUT2D eigenvalue weighted by molar-refractivity contribution is 6.05. The minimum Gasteiger partial charge on any atom is -0.493 e. The molecule has 0 aromatic heterocycles. The molecule has 3 aliphatic heterocycles.